The van der Waals surface area contributed by atoms with Crippen molar-refractivity contribution in [3.63, 3.8) is 0 Å². The van der Waals surface area contributed by atoms with E-state index in [0.717, 1.165) is 28.1 Å². The van der Waals surface area contributed by atoms with Gasteiger partial charge in [0, 0.05) is 23.3 Å². The van der Waals surface area contributed by atoms with Crippen molar-refractivity contribution in [3.05, 3.63) is 48.4 Å². The molecule has 0 aliphatic heterocycles. The molecule has 1 aliphatic carbocycles. The van der Waals surface area contributed by atoms with Crippen LogP contribution in [0.15, 0.2) is 42.9 Å². The number of aromatic nitrogens is 3. The summed E-state index contributed by atoms with van der Waals surface area (Å²) in [6.07, 6.45) is 8.48. The Hall–Kier alpha value is -2.56. The van der Waals surface area contributed by atoms with Crippen LogP contribution in [-0.4, -0.2) is 20.7 Å². The summed E-state index contributed by atoms with van der Waals surface area (Å²) in [5.74, 6) is 0.720. The number of rotatable bonds is 5. The summed E-state index contributed by atoms with van der Waals surface area (Å²) >= 11 is 0. The topological polar surface area (TPSA) is 62.7 Å². The van der Waals surface area contributed by atoms with E-state index in [9.17, 15) is 4.79 Å². The predicted octanol–water partition coefficient (Wildman–Crippen LogP) is 3.52. The molecule has 1 unspecified atom stereocenters. The van der Waals surface area contributed by atoms with Crippen molar-refractivity contribution in [2.75, 3.05) is 5.32 Å². The van der Waals surface area contributed by atoms with Crippen molar-refractivity contribution in [3.8, 4) is 0 Å². The Bertz CT molecular complexity index is 843. The first-order chi connectivity index (χ1) is 11.2. The number of aromatic amines is 1. The maximum absolute atomic E-state index is 12.3. The van der Waals surface area contributed by atoms with Crippen LogP contribution in [0.2, 0.25) is 0 Å². The van der Waals surface area contributed by atoms with Crippen molar-refractivity contribution in [2.24, 2.45) is 5.92 Å². The number of amides is 1. The fourth-order valence-corrected chi connectivity index (χ4v) is 3.08. The second kappa shape index (κ2) is 5.57. The van der Waals surface area contributed by atoms with Gasteiger partial charge in [0.05, 0.1) is 24.3 Å². The third kappa shape index (κ3) is 2.86. The van der Waals surface area contributed by atoms with Crippen LogP contribution in [0.25, 0.3) is 10.9 Å². The fraction of sp³-hybridized carbons (Fsp3) is 0.333. The molecule has 5 heteroatoms. The lowest BCUT2D eigenvalue weighted by molar-refractivity contribution is -0.115. The molecule has 118 valence electrons. The second-order valence-electron chi connectivity index (χ2n) is 6.37. The van der Waals surface area contributed by atoms with Gasteiger partial charge >= 0.3 is 0 Å². The number of hydrogen-bond donors (Lipinski definition) is 2. The number of anilines is 1. The van der Waals surface area contributed by atoms with Crippen molar-refractivity contribution in [1.82, 2.24) is 14.8 Å². The molecule has 2 heterocycles. The molecule has 1 aromatic carbocycles. The van der Waals surface area contributed by atoms with E-state index in [1.165, 1.54) is 12.8 Å². The number of carbonyl (C=O) groups excluding carboxylic acids is 1. The van der Waals surface area contributed by atoms with Crippen molar-refractivity contribution in [2.45, 2.75) is 32.2 Å². The minimum atomic E-state index is -0.0200. The summed E-state index contributed by atoms with van der Waals surface area (Å²) in [6, 6.07) is 8.43. The lowest BCUT2D eigenvalue weighted by Gasteiger charge is -2.09. The van der Waals surface area contributed by atoms with Gasteiger partial charge in [-0.15, -0.1) is 0 Å². The molecule has 1 amide bonds. The highest BCUT2D eigenvalue weighted by Crippen LogP contribution is 2.39. The van der Waals surface area contributed by atoms with Gasteiger partial charge in [0.25, 0.3) is 0 Å². The molecule has 5 nitrogen and oxygen atoms in total. The van der Waals surface area contributed by atoms with Crippen LogP contribution in [0, 0.1) is 5.92 Å². The first kappa shape index (κ1) is 14.1. The SMILES string of the molecule is CC(C1CC1)n1cc(NC(=O)Cc2c[nH]c3ccccc23)cn1. The Morgan fingerprint density at radius 2 is 2.26 bits per heavy atom. The first-order valence-electron chi connectivity index (χ1n) is 8.10. The van der Waals surface area contributed by atoms with E-state index in [1.54, 1.807) is 6.20 Å². The zero-order valence-corrected chi connectivity index (χ0v) is 13.1. The van der Waals surface area contributed by atoms with E-state index in [0.29, 0.717) is 12.5 Å². The Kier molecular flexibility index (Phi) is 3.41. The maximum atomic E-state index is 12.3. The van der Waals surface area contributed by atoms with Crippen molar-refractivity contribution < 1.29 is 4.79 Å². The maximum Gasteiger partial charge on any atom is 0.228 e. The number of H-pyrrole nitrogens is 1. The van der Waals surface area contributed by atoms with Gasteiger partial charge in [0.2, 0.25) is 5.91 Å². The van der Waals surface area contributed by atoms with Gasteiger partial charge in [0.15, 0.2) is 0 Å². The molecule has 1 fully saturated rings. The van der Waals surface area contributed by atoms with E-state index in [2.05, 4.69) is 22.3 Å². The quantitative estimate of drug-likeness (QED) is 0.757. The smallest absolute Gasteiger partial charge is 0.228 e. The molecule has 0 radical (unpaired) electrons. The standard InChI is InChI=1S/C18H20N4O/c1-12(13-6-7-13)22-11-15(10-20-22)21-18(23)8-14-9-19-17-5-3-2-4-16(14)17/h2-5,9-13,19H,6-8H2,1H3,(H,21,23). The van der Waals surface area contributed by atoms with Crippen molar-refractivity contribution in [1.29, 1.82) is 0 Å². The molecule has 3 aromatic rings. The van der Waals surface area contributed by atoms with Gasteiger partial charge in [-0.1, -0.05) is 18.2 Å². The zero-order valence-electron chi connectivity index (χ0n) is 13.1. The van der Waals surface area contributed by atoms with Gasteiger partial charge in [0.1, 0.15) is 0 Å². The number of fused-ring (bicyclic) bond motifs is 1. The summed E-state index contributed by atoms with van der Waals surface area (Å²) in [4.78, 5) is 15.5. The van der Waals surface area contributed by atoms with Crippen LogP contribution in [0.3, 0.4) is 0 Å². The normalized spacial score (nSPS) is 15.7. The summed E-state index contributed by atoms with van der Waals surface area (Å²) in [6.45, 7) is 2.18. The molecular formula is C18H20N4O. The van der Waals surface area contributed by atoms with Crippen LogP contribution in [-0.2, 0) is 11.2 Å². The molecule has 0 saturated heterocycles. The molecule has 23 heavy (non-hydrogen) atoms. The fourth-order valence-electron chi connectivity index (χ4n) is 3.08. The average molecular weight is 308 g/mol. The van der Waals surface area contributed by atoms with E-state index in [-0.39, 0.29) is 5.91 Å². The zero-order chi connectivity index (χ0) is 15.8. The summed E-state index contributed by atoms with van der Waals surface area (Å²) in [5, 5.41) is 8.41. The third-order valence-electron chi connectivity index (χ3n) is 4.63. The van der Waals surface area contributed by atoms with Gasteiger partial charge < -0.3 is 10.3 Å². The molecule has 4 rings (SSSR count). The van der Waals surface area contributed by atoms with E-state index in [1.807, 2.05) is 41.3 Å². The van der Waals surface area contributed by atoms with Crippen LogP contribution < -0.4 is 5.32 Å². The van der Waals surface area contributed by atoms with Crippen LogP contribution >= 0.6 is 0 Å². The number of nitrogens with one attached hydrogen (secondary N) is 2. The molecule has 2 N–H and O–H groups in total. The van der Waals surface area contributed by atoms with E-state index in [4.69, 9.17) is 0 Å². The molecule has 2 aromatic heterocycles. The Morgan fingerprint density at radius 1 is 1.43 bits per heavy atom. The third-order valence-corrected chi connectivity index (χ3v) is 4.63. The number of carbonyl (C=O) groups is 1. The van der Waals surface area contributed by atoms with Gasteiger partial charge in [-0.05, 0) is 37.3 Å². The highest BCUT2D eigenvalue weighted by atomic mass is 16.1. The Balaban J connectivity index is 1.43. The number of nitrogens with zero attached hydrogens (tertiary/aromatic N) is 2. The molecule has 0 spiro atoms. The minimum absolute atomic E-state index is 0.0200. The lowest BCUT2D eigenvalue weighted by atomic mass is 10.1. The average Bonchev–Trinajstić information content (AvgIpc) is 3.18. The van der Waals surface area contributed by atoms with E-state index < -0.39 is 0 Å². The molecule has 0 bridgehead atoms. The van der Waals surface area contributed by atoms with Crippen LogP contribution in [0.4, 0.5) is 5.69 Å². The summed E-state index contributed by atoms with van der Waals surface area (Å²) in [5.41, 5.74) is 2.83. The van der Waals surface area contributed by atoms with Crippen molar-refractivity contribution >= 4 is 22.5 Å². The molecule has 1 saturated carbocycles. The molecule has 1 aliphatic rings. The minimum Gasteiger partial charge on any atom is -0.361 e. The molecular weight excluding hydrogens is 288 g/mol. The Labute approximate surface area is 134 Å². The summed E-state index contributed by atoms with van der Waals surface area (Å²) in [7, 11) is 0. The number of benzene rings is 1. The second-order valence-corrected chi connectivity index (χ2v) is 6.37. The number of para-hydroxylation sites is 1. The lowest BCUT2D eigenvalue weighted by Crippen LogP contribution is -2.14. The van der Waals surface area contributed by atoms with Crippen LogP contribution in [0.5, 0.6) is 0 Å². The molecule has 1 atom stereocenters. The first-order valence-corrected chi connectivity index (χ1v) is 8.10. The van der Waals surface area contributed by atoms with E-state index >= 15 is 0 Å². The highest BCUT2D eigenvalue weighted by Gasteiger charge is 2.29. The Morgan fingerprint density at radius 3 is 3.09 bits per heavy atom. The van der Waals surface area contributed by atoms with Gasteiger partial charge in [-0.2, -0.15) is 5.10 Å². The summed E-state index contributed by atoms with van der Waals surface area (Å²) < 4.78 is 1.96. The number of hydrogen-bond acceptors (Lipinski definition) is 2. The van der Waals surface area contributed by atoms with Gasteiger partial charge in [-0.3, -0.25) is 9.48 Å². The highest BCUT2D eigenvalue weighted by molar-refractivity contribution is 5.95. The predicted molar refractivity (Wildman–Crippen MR) is 90.3 cm³/mol. The monoisotopic (exact) mass is 308 g/mol. The van der Waals surface area contributed by atoms with Gasteiger partial charge in [-0.25, -0.2) is 0 Å². The largest absolute Gasteiger partial charge is 0.361 e. The van der Waals surface area contributed by atoms with Crippen LogP contribution in [0.1, 0.15) is 31.4 Å².